The number of thiophene rings is 1. The highest BCUT2D eigenvalue weighted by Crippen LogP contribution is 2.35. The molecule has 7 heteroatoms. The van der Waals surface area contributed by atoms with Crippen molar-refractivity contribution in [1.29, 1.82) is 0 Å². The first-order chi connectivity index (χ1) is 10.8. The number of aryl methyl sites for hydroxylation is 2. The van der Waals surface area contributed by atoms with Crippen LogP contribution in [0.15, 0.2) is 9.95 Å². The summed E-state index contributed by atoms with van der Waals surface area (Å²) in [6.45, 7) is 5.84. The van der Waals surface area contributed by atoms with Crippen LogP contribution in [-0.4, -0.2) is 26.8 Å². The molecule has 0 saturated carbocycles. The Balaban J connectivity index is 1.86. The maximum atomic E-state index is 12.7. The number of hydrogen-bond acceptors (Lipinski definition) is 5. The summed E-state index contributed by atoms with van der Waals surface area (Å²) in [7, 11) is 1.73. The van der Waals surface area contributed by atoms with Crippen LogP contribution in [0, 0.1) is 0 Å². The van der Waals surface area contributed by atoms with Crippen molar-refractivity contribution in [1.82, 2.24) is 14.9 Å². The normalized spacial score (nSPS) is 14.3. The van der Waals surface area contributed by atoms with Gasteiger partial charge in [0.05, 0.1) is 11.1 Å². The lowest BCUT2D eigenvalue weighted by atomic mass is 10.1. The quantitative estimate of drug-likeness (QED) is 0.682. The van der Waals surface area contributed by atoms with E-state index in [-0.39, 0.29) is 22.8 Å². The molecule has 0 aromatic carbocycles. The van der Waals surface area contributed by atoms with Crippen LogP contribution in [0.3, 0.4) is 0 Å². The third-order valence-electron chi connectivity index (χ3n) is 3.75. The molecule has 0 unspecified atom stereocenters. The molecule has 2 aromatic rings. The number of nitrogens with zero attached hydrogens (tertiary/aromatic N) is 2. The minimum atomic E-state index is -0.254. The number of aromatic nitrogens is 2. The minimum absolute atomic E-state index is 0.00753. The third-order valence-corrected chi connectivity index (χ3v) is 5.97. The number of thioether (sulfide) groups is 1. The van der Waals surface area contributed by atoms with E-state index in [1.807, 2.05) is 20.8 Å². The lowest BCUT2D eigenvalue weighted by Crippen LogP contribution is -2.41. The van der Waals surface area contributed by atoms with Gasteiger partial charge in [-0.05, 0) is 45.6 Å². The van der Waals surface area contributed by atoms with Crippen molar-refractivity contribution in [2.24, 2.45) is 7.05 Å². The first kappa shape index (κ1) is 16.5. The van der Waals surface area contributed by atoms with Gasteiger partial charge in [-0.1, -0.05) is 11.8 Å². The second-order valence-corrected chi connectivity index (χ2v) is 8.91. The number of carbonyl (C=O) groups is 1. The monoisotopic (exact) mass is 351 g/mol. The SMILES string of the molecule is Cn1c(SCC(=O)NC(C)(C)C)nc2sc3c(c2c1=O)CCC3. The van der Waals surface area contributed by atoms with Gasteiger partial charge in [-0.3, -0.25) is 14.2 Å². The molecule has 0 atom stereocenters. The molecular weight excluding hydrogens is 330 g/mol. The van der Waals surface area contributed by atoms with E-state index in [0.717, 1.165) is 29.5 Å². The highest BCUT2D eigenvalue weighted by molar-refractivity contribution is 7.99. The smallest absolute Gasteiger partial charge is 0.262 e. The van der Waals surface area contributed by atoms with Crippen LogP contribution in [0.5, 0.6) is 0 Å². The molecule has 1 aliphatic carbocycles. The fraction of sp³-hybridized carbons (Fsp3) is 0.562. The summed E-state index contributed by atoms with van der Waals surface area (Å²) in [6, 6.07) is 0. The van der Waals surface area contributed by atoms with E-state index >= 15 is 0 Å². The minimum Gasteiger partial charge on any atom is -0.351 e. The molecule has 1 N–H and O–H groups in total. The molecule has 2 aromatic heterocycles. The zero-order valence-electron chi connectivity index (χ0n) is 13.9. The maximum absolute atomic E-state index is 12.7. The molecule has 0 aliphatic heterocycles. The van der Waals surface area contributed by atoms with Gasteiger partial charge in [-0.2, -0.15) is 0 Å². The Morgan fingerprint density at radius 2 is 2.13 bits per heavy atom. The standard InChI is InChI=1S/C16H21N3O2S2/c1-16(2,3)18-11(20)8-22-15-17-13-12(14(21)19(15)4)9-6-5-7-10(9)23-13/h5-8H2,1-4H3,(H,18,20). The first-order valence-electron chi connectivity index (χ1n) is 7.71. The van der Waals surface area contributed by atoms with E-state index < -0.39 is 0 Å². The van der Waals surface area contributed by atoms with Gasteiger partial charge in [-0.15, -0.1) is 11.3 Å². The summed E-state index contributed by atoms with van der Waals surface area (Å²) in [5, 5.41) is 4.31. The predicted octanol–water partition coefficient (Wildman–Crippen LogP) is 2.49. The molecule has 2 heterocycles. The molecule has 0 saturated heterocycles. The Bertz CT molecular complexity index is 830. The van der Waals surface area contributed by atoms with Crippen molar-refractivity contribution in [2.45, 2.75) is 50.7 Å². The van der Waals surface area contributed by atoms with Crippen LogP contribution < -0.4 is 10.9 Å². The molecule has 124 valence electrons. The topological polar surface area (TPSA) is 64.0 Å². The maximum Gasteiger partial charge on any atom is 0.262 e. The zero-order valence-corrected chi connectivity index (χ0v) is 15.5. The molecule has 0 spiro atoms. The second-order valence-electron chi connectivity index (χ2n) is 6.88. The van der Waals surface area contributed by atoms with Gasteiger partial charge in [0.15, 0.2) is 5.16 Å². The van der Waals surface area contributed by atoms with E-state index in [4.69, 9.17) is 0 Å². The van der Waals surface area contributed by atoms with Crippen molar-refractivity contribution >= 4 is 39.2 Å². The zero-order chi connectivity index (χ0) is 16.8. The van der Waals surface area contributed by atoms with E-state index in [0.29, 0.717) is 5.16 Å². The van der Waals surface area contributed by atoms with Crippen LogP contribution in [0.4, 0.5) is 0 Å². The number of rotatable bonds is 3. The molecular formula is C16H21N3O2S2. The van der Waals surface area contributed by atoms with Crippen LogP contribution in [0.2, 0.25) is 0 Å². The number of nitrogens with one attached hydrogen (secondary N) is 1. The average Bonchev–Trinajstić information content (AvgIpc) is 2.99. The summed E-state index contributed by atoms with van der Waals surface area (Å²) in [5.41, 5.74) is 0.948. The lowest BCUT2D eigenvalue weighted by molar-refractivity contribution is -0.119. The Morgan fingerprint density at radius 1 is 1.39 bits per heavy atom. The largest absolute Gasteiger partial charge is 0.351 e. The molecule has 1 aliphatic rings. The Morgan fingerprint density at radius 3 is 2.83 bits per heavy atom. The third kappa shape index (κ3) is 3.30. The Labute approximate surface area is 143 Å². The van der Waals surface area contributed by atoms with E-state index in [2.05, 4.69) is 10.3 Å². The highest BCUT2D eigenvalue weighted by atomic mass is 32.2. The second kappa shape index (κ2) is 5.94. The van der Waals surface area contributed by atoms with Gasteiger partial charge in [0, 0.05) is 17.5 Å². The van der Waals surface area contributed by atoms with Gasteiger partial charge in [-0.25, -0.2) is 4.98 Å². The van der Waals surface area contributed by atoms with Gasteiger partial charge in [0.1, 0.15) is 4.83 Å². The van der Waals surface area contributed by atoms with Crippen molar-refractivity contribution in [3.05, 3.63) is 20.8 Å². The molecule has 5 nitrogen and oxygen atoms in total. The number of amides is 1. The van der Waals surface area contributed by atoms with E-state index in [9.17, 15) is 9.59 Å². The van der Waals surface area contributed by atoms with Crippen molar-refractivity contribution < 1.29 is 4.79 Å². The Hall–Kier alpha value is -1.34. The average molecular weight is 351 g/mol. The highest BCUT2D eigenvalue weighted by Gasteiger charge is 2.23. The molecule has 0 radical (unpaired) electrons. The Kier molecular flexibility index (Phi) is 4.27. The fourth-order valence-electron chi connectivity index (χ4n) is 2.82. The number of fused-ring (bicyclic) bond motifs is 3. The summed E-state index contributed by atoms with van der Waals surface area (Å²) in [4.78, 5) is 31.4. The van der Waals surface area contributed by atoms with Crippen molar-refractivity contribution in [3.63, 3.8) is 0 Å². The lowest BCUT2D eigenvalue weighted by Gasteiger charge is -2.20. The molecule has 3 rings (SSSR count). The van der Waals surface area contributed by atoms with E-state index in [1.54, 1.807) is 23.0 Å². The van der Waals surface area contributed by atoms with Gasteiger partial charge in [0.25, 0.3) is 5.56 Å². The van der Waals surface area contributed by atoms with Gasteiger partial charge >= 0.3 is 0 Å². The summed E-state index contributed by atoms with van der Waals surface area (Å²) in [5.74, 6) is 0.208. The van der Waals surface area contributed by atoms with Crippen LogP contribution in [0.1, 0.15) is 37.6 Å². The van der Waals surface area contributed by atoms with E-state index in [1.165, 1.54) is 22.2 Å². The van der Waals surface area contributed by atoms with Gasteiger partial charge < -0.3 is 5.32 Å². The molecule has 0 fully saturated rings. The van der Waals surface area contributed by atoms with Crippen molar-refractivity contribution in [3.8, 4) is 0 Å². The van der Waals surface area contributed by atoms with Crippen LogP contribution in [0.25, 0.3) is 10.2 Å². The van der Waals surface area contributed by atoms with Crippen LogP contribution >= 0.6 is 23.1 Å². The summed E-state index contributed by atoms with van der Waals surface area (Å²) >= 11 is 2.94. The molecule has 1 amide bonds. The number of carbonyl (C=O) groups excluding carboxylic acids is 1. The first-order valence-corrected chi connectivity index (χ1v) is 9.51. The number of hydrogen-bond donors (Lipinski definition) is 1. The summed E-state index contributed by atoms with van der Waals surface area (Å²) in [6.07, 6.45) is 3.16. The summed E-state index contributed by atoms with van der Waals surface area (Å²) < 4.78 is 1.57. The van der Waals surface area contributed by atoms with Crippen molar-refractivity contribution in [2.75, 3.05) is 5.75 Å². The molecule has 0 bridgehead atoms. The predicted molar refractivity (Wildman–Crippen MR) is 95.5 cm³/mol. The molecule has 23 heavy (non-hydrogen) atoms. The van der Waals surface area contributed by atoms with Crippen LogP contribution in [-0.2, 0) is 24.7 Å². The van der Waals surface area contributed by atoms with Gasteiger partial charge in [0.2, 0.25) is 5.91 Å². The fourth-order valence-corrected chi connectivity index (χ4v) is 4.89.